The number of nitrogen functional groups attached to an aromatic ring is 1. The molecule has 7 heteroatoms. The number of nitrogens with zero attached hydrogens (tertiary/aromatic N) is 3. The molecular weight excluding hydrogens is 260 g/mol. The van der Waals surface area contributed by atoms with Gasteiger partial charge in [-0.05, 0) is 6.07 Å². The molecular formula is C13H14N4O3. The predicted molar refractivity (Wildman–Crippen MR) is 71.4 cm³/mol. The van der Waals surface area contributed by atoms with E-state index in [1.807, 2.05) is 0 Å². The number of aliphatic hydroxyl groups excluding tert-OH is 1. The number of aliphatic hydroxyl groups is 2. The molecule has 1 aliphatic rings. The Balaban J connectivity index is 2.25. The molecule has 1 fully saturated rings. The van der Waals surface area contributed by atoms with Gasteiger partial charge in [0.1, 0.15) is 17.8 Å². The number of ether oxygens (including phenoxy) is 1. The van der Waals surface area contributed by atoms with Crippen molar-refractivity contribution >= 4 is 16.9 Å². The minimum atomic E-state index is -1.58. The number of anilines is 1. The molecule has 2 aromatic rings. The van der Waals surface area contributed by atoms with Gasteiger partial charge in [-0.3, -0.25) is 4.57 Å². The van der Waals surface area contributed by atoms with E-state index >= 15 is 0 Å². The van der Waals surface area contributed by atoms with E-state index < -0.39 is 17.9 Å². The van der Waals surface area contributed by atoms with Crippen LogP contribution in [0.1, 0.15) is 6.42 Å². The van der Waals surface area contributed by atoms with Crippen LogP contribution in [-0.2, 0) is 10.5 Å². The lowest BCUT2D eigenvalue weighted by Gasteiger charge is -2.36. The number of aromatic nitrogens is 3. The van der Waals surface area contributed by atoms with Crippen molar-refractivity contribution in [3.8, 4) is 12.3 Å². The topological polar surface area (TPSA) is 106 Å². The number of terminal acetylenes is 1. The first kappa shape index (κ1) is 12.9. The molecule has 0 amide bonds. The third-order valence-electron chi connectivity index (χ3n) is 3.81. The standard InChI is InChI=1S/C13H14N4O3/c1-2-12(7-18)13(19,4-6-20-12)17-5-3-9-10(14)15-8-16-11(9)17/h1,3,5,8,18-19H,4,6-7H2,(H2,14,15,16). The maximum absolute atomic E-state index is 11.0. The van der Waals surface area contributed by atoms with Crippen molar-refractivity contribution in [3.63, 3.8) is 0 Å². The highest BCUT2D eigenvalue weighted by Gasteiger charge is 2.56. The fourth-order valence-corrected chi connectivity index (χ4v) is 2.64. The highest BCUT2D eigenvalue weighted by molar-refractivity contribution is 5.86. The van der Waals surface area contributed by atoms with E-state index in [9.17, 15) is 10.2 Å². The summed E-state index contributed by atoms with van der Waals surface area (Å²) < 4.78 is 6.92. The van der Waals surface area contributed by atoms with Gasteiger partial charge in [0, 0.05) is 12.6 Å². The predicted octanol–water partition coefficient (Wildman–Crippen LogP) is -0.557. The first-order valence-corrected chi connectivity index (χ1v) is 6.11. The summed E-state index contributed by atoms with van der Waals surface area (Å²) in [6.07, 6.45) is 8.64. The van der Waals surface area contributed by atoms with Gasteiger partial charge in [0.05, 0.1) is 18.6 Å². The average Bonchev–Trinajstić information content (AvgIpc) is 3.02. The lowest BCUT2D eigenvalue weighted by molar-refractivity contribution is -0.151. The Labute approximate surface area is 115 Å². The summed E-state index contributed by atoms with van der Waals surface area (Å²) in [7, 11) is 0. The van der Waals surface area contributed by atoms with Crippen LogP contribution in [0.25, 0.3) is 11.0 Å². The molecule has 2 atom stereocenters. The molecule has 0 radical (unpaired) electrons. The molecule has 20 heavy (non-hydrogen) atoms. The van der Waals surface area contributed by atoms with Crippen LogP contribution in [0.5, 0.6) is 0 Å². The Kier molecular flexibility index (Phi) is 2.69. The number of fused-ring (bicyclic) bond motifs is 1. The van der Waals surface area contributed by atoms with Crippen molar-refractivity contribution < 1.29 is 14.9 Å². The SMILES string of the molecule is C#CC1(CO)OCCC1(O)n1ccc2c(N)ncnc21. The second-order valence-corrected chi connectivity index (χ2v) is 4.73. The summed E-state index contributed by atoms with van der Waals surface area (Å²) in [5.74, 6) is 2.68. The van der Waals surface area contributed by atoms with E-state index in [4.69, 9.17) is 16.9 Å². The second-order valence-electron chi connectivity index (χ2n) is 4.73. The monoisotopic (exact) mass is 274 g/mol. The van der Waals surface area contributed by atoms with Crippen molar-refractivity contribution in [1.29, 1.82) is 0 Å². The molecule has 0 spiro atoms. The van der Waals surface area contributed by atoms with Crippen LogP contribution in [0.3, 0.4) is 0 Å². The molecule has 4 N–H and O–H groups in total. The Bertz CT molecular complexity index is 707. The number of hydrogen-bond donors (Lipinski definition) is 3. The Morgan fingerprint density at radius 2 is 2.35 bits per heavy atom. The van der Waals surface area contributed by atoms with Crippen molar-refractivity contribution in [2.45, 2.75) is 17.7 Å². The van der Waals surface area contributed by atoms with Crippen LogP contribution in [0.15, 0.2) is 18.6 Å². The molecule has 104 valence electrons. The average molecular weight is 274 g/mol. The fourth-order valence-electron chi connectivity index (χ4n) is 2.64. The second kappa shape index (κ2) is 4.18. The third kappa shape index (κ3) is 1.41. The van der Waals surface area contributed by atoms with E-state index in [-0.39, 0.29) is 13.0 Å². The highest BCUT2D eigenvalue weighted by Crippen LogP contribution is 2.41. The zero-order chi connectivity index (χ0) is 14.4. The number of rotatable bonds is 2. The van der Waals surface area contributed by atoms with Crippen LogP contribution >= 0.6 is 0 Å². The van der Waals surface area contributed by atoms with Crippen molar-refractivity contribution in [2.75, 3.05) is 18.9 Å². The maximum Gasteiger partial charge on any atom is 0.199 e. The summed E-state index contributed by atoms with van der Waals surface area (Å²) in [6.45, 7) is -0.262. The lowest BCUT2D eigenvalue weighted by atomic mass is 9.91. The quantitative estimate of drug-likeness (QED) is 0.634. The molecule has 0 saturated carbocycles. The number of hydrogen-bond acceptors (Lipinski definition) is 6. The van der Waals surface area contributed by atoms with Gasteiger partial charge in [-0.2, -0.15) is 0 Å². The molecule has 2 aromatic heterocycles. The molecule has 0 bridgehead atoms. The first-order chi connectivity index (χ1) is 9.58. The van der Waals surface area contributed by atoms with Gasteiger partial charge in [-0.1, -0.05) is 5.92 Å². The third-order valence-corrected chi connectivity index (χ3v) is 3.81. The molecule has 7 nitrogen and oxygen atoms in total. The molecule has 0 aromatic carbocycles. The summed E-state index contributed by atoms with van der Waals surface area (Å²) in [4.78, 5) is 8.03. The summed E-state index contributed by atoms with van der Waals surface area (Å²) in [6, 6.07) is 1.69. The Hall–Kier alpha value is -2.14. The van der Waals surface area contributed by atoms with Crippen LogP contribution in [0, 0.1) is 12.3 Å². The molecule has 2 unspecified atom stereocenters. The van der Waals surface area contributed by atoms with E-state index in [0.29, 0.717) is 16.9 Å². The molecule has 1 saturated heterocycles. The van der Waals surface area contributed by atoms with Crippen LogP contribution in [0.2, 0.25) is 0 Å². The fraction of sp³-hybridized carbons (Fsp3) is 0.385. The van der Waals surface area contributed by atoms with E-state index in [0.717, 1.165) is 0 Å². The van der Waals surface area contributed by atoms with Crippen molar-refractivity contribution in [1.82, 2.24) is 14.5 Å². The maximum atomic E-state index is 11.0. The van der Waals surface area contributed by atoms with Gasteiger partial charge in [0.2, 0.25) is 0 Å². The molecule has 3 rings (SSSR count). The van der Waals surface area contributed by atoms with Crippen molar-refractivity contribution in [2.24, 2.45) is 0 Å². The summed E-state index contributed by atoms with van der Waals surface area (Å²) in [5, 5.41) is 21.2. The molecule has 0 aliphatic carbocycles. The zero-order valence-electron chi connectivity index (χ0n) is 10.7. The van der Waals surface area contributed by atoms with E-state index in [2.05, 4.69) is 15.9 Å². The molecule has 1 aliphatic heterocycles. The lowest BCUT2D eigenvalue weighted by Crippen LogP contribution is -2.54. The van der Waals surface area contributed by atoms with Gasteiger partial charge < -0.3 is 20.7 Å². The first-order valence-electron chi connectivity index (χ1n) is 6.11. The van der Waals surface area contributed by atoms with E-state index in [1.165, 1.54) is 10.9 Å². The van der Waals surface area contributed by atoms with Crippen LogP contribution in [-0.4, -0.2) is 43.6 Å². The largest absolute Gasteiger partial charge is 0.392 e. The Morgan fingerprint density at radius 3 is 3.05 bits per heavy atom. The number of nitrogens with two attached hydrogens (primary N) is 1. The zero-order valence-corrected chi connectivity index (χ0v) is 10.7. The Morgan fingerprint density at radius 1 is 1.55 bits per heavy atom. The minimum absolute atomic E-state index is 0.238. The smallest absolute Gasteiger partial charge is 0.199 e. The molecule has 3 heterocycles. The van der Waals surface area contributed by atoms with Gasteiger partial charge in [0.25, 0.3) is 0 Å². The van der Waals surface area contributed by atoms with Crippen LogP contribution in [0.4, 0.5) is 5.82 Å². The van der Waals surface area contributed by atoms with Gasteiger partial charge in [-0.25, -0.2) is 9.97 Å². The summed E-state index contributed by atoms with van der Waals surface area (Å²) >= 11 is 0. The van der Waals surface area contributed by atoms with E-state index in [1.54, 1.807) is 12.3 Å². The van der Waals surface area contributed by atoms with Gasteiger partial charge >= 0.3 is 0 Å². The highest BCUT2D eigenvalue weighted by atomic mass is 16.5. The minimum Gasteiger partial charge on any atom is -0.392 e. The summed E-state index contributed by atoms with van der Waals surface area (Å²) in [5.41, 5.74) is 3.13. The van der Waals surface area contributed by atoms with Crippen molar-refractivity contribution in [3.05, 3.63) is 18.6 Å². The van der Waals surface area contributed by atoms with Crippen LogP contribution < -0.4 is 5.73 Å². The normalized spacial score (nSPS) is 29.6. The van der Waals surface area contributed by atoms with Gasteiger partial charge in [-0.15, -0.1) is 6.42 Å². The van der Waals surface area contributed by atoms with Gasteiger partial charge in [0.15, 0.2) is 11.3 Å².